The average molecular weight is 297 g/mol. The first-order chi connectivity index (χ1) is 9.08. The fourth-order valence-electron chi connectivity index (χ4n) is 2.65. The van der Waals surface area contributed by atoms with Crippen LogP contribution in [0.1, 0.15) is 45.1 Å². The molecule has 0 bridgehead atoms. The van der Waals surface area contributed by atoms with Crippen molar-refractivity contribution in [2.24, 2.45) is 0 Å². The van der Waals surface area contributed by atoms with E-state index >= 15 is 0 Å². The van der Waals surface area contributed by atoms with E-state index in [1.807, 2.05) is 32.0 Å². The predicted molar refractivity (Wildman–Crippen MR) is 85.1 cm³/mol. The lowest BCUT2D eigenvalue weighted by Crippen LogP contribution is -2.41. The lowest BCUT2D eigenvalue weighted by molar-refractivity contribution is -0.123. The molecule has 1 saturated heterocycles. The molecule has 1 unspecified atom stereocenters. The Morgan fingerprint density at radius 3 is 2.65 bits per heavy atom. The average Bonchev–Trinajstić information content (AvgIpc) is 2.90. The van der Waals surface area contributed by atoms with Crippen LogP contribution < -0.4 is 10.6 Å². The summed E-state index contributed by atoms with van der Waals surface area (Å²) in [4.78, 5) is 12.0. The molecule has 112 valence electrons. The molecule has 1 heterocycles. The number of carbonyl (C=O) groups is 1. The van der Waals surface area contributed by atoms with Crippen LogP contribution in [0, 0.1) is 0 Å². The lowest BCUT2D eigenvalue weighted by Gasteiger charge is -2.27. The molecule has 1 atom stereocenters. The molecule has 0 radical (unpaired) electrons. The number of amides is 1. The van der Waals surface area contributed by atoms with Gasteiger partial charge in [0.05, 0.1) is 5.54 Å². The molecule has 4 heteroatoms. The third kappa shape index (κ3) is 4.80. The number of benzene rings is 1. The first-order valence-electron chi connectivity index (χ1n) is 7.18. The standard InChI is InChI=1S/C16H24N2O.ClH/c1-16(2,13-7-4-3-5-8-13)18-15(19)11-10-14-9-6-12-17-14;/h3-5,7-8,14,17H,6,9-12H2,1-2H3,(H,18,19);1H. The van der Waals surface area contributed by atoms with Crippen molar-refractivity contribution in [3.63, 3.8) is 0 Å². The molecule has 1 amide bonds. The third-order valence-corrected chi connectivity index (χ3v) is 3.83. The second-order valence-corrected chi connectivity index (χ2v) is 5.87. The van der Waals surface area contributed by atoms with Crippen LogP contribution in [-0.4, -0.2) is 18.5 Å². The highest BCUT2D eigenvalue weighted by atomic mass is 35.5. The van der Waals surface area contributed by atoms with Crippen LogP contribution in [0.3, 0.4) is 0 Å². The number of nitrogens with one attached hydrogen (secondary N) is 2. The summed E-state index contributed by atoms with van der Waals surface area (Å²) in [7, 11) is 0. The topological polar surface area (TPSA) is 41.1 Å². The van der Waals surface area contributed by atoms with Gasteiger partial charge in [-0.05, 0) is 45.2 Å². The van der Waals surface area contributed by atoms with E-state index in [9.17, 15) is 4.79 Å². The molecule has 20 heavy (non-hydrogen) atoms. The Hall–Kier alpha value is -1.06. The highest BCUT2D eigenvalue weighted by molar-refractivity contribution is 5.85. The molecule has 2 rings (SSSR count). The van der Waals surface area contributed by atoms with E-state index in [0.717, 1.165) is 18.5 Å². The Morgan fingerprint density at radius 2 is 2.05 bits per heavy atom. The molecule has 0 saturated carbocycles. The van der Waals surface area contributed by atoms with Crippen molar-refractivity contribution < 1.29 is 4.79 Å². The summed E-state index contributed by atoms with van der Waals surface area (Å²) in [6.07, 6.45) is 3.99. The highest BCUT2D eigenvalue weighted by Gasteiger charge is 2.23. The van der Waals surface area contributed by atoms with Crippen molar-refractivity contribution in [3.8, 4) is 0 Å². The fourth-order valence-corrected chi connectivity index (χ4v) is 2.65. The minimum Gasteiger partial charge on any atom is -0.347 e. The zero-order chi connectivity index (χ0) is 13.7. The summed E-state index contributed by atoms with van der Waals surface area (Å²) in [5.74, 6) is 0.141. The van der Waals surface area contributed by atoms with Gasteiger partial charge >= 0.3 is 0 Å². The Kier molecular flexibility index (Phi) is 6.50. The van der Waals surface area contributed by atoms with Gasteiger partial charge < -0.3 is 10.6 Å². The molecular formula is C16H25ClN2O. The van der Waals surface area contributed by atoms with Crippen molar-refractivity contribution >= 4 is 18.3 Å². The van der Waals surface area contributed by atoms with Gasteiger partial charge in [-0.1, -0.05) is 30.3 Å². The van der Waals surface area contributed by atoms with Gasteiger partial charge in [0.25, 0.3) is 0 Å². The Labute approximate surface area is 127 Å². The molecule has 1 fully saturated rings. The monoisotopic (exact) mass is 296 g/mol. The van der Waals surface area contributed by atoms with E-state index in [-0.39, 0.29) is 23.9 Å². The Balaban J connectivity index is 0.00000200. The first kappa shape index (κ1) is 17.0. The van der Waals surface area contributed by atoms with E-state index in [0.29, 0.717) is 12.5 Å². The molecule has 3 nitrogen and oxygen atoms in total. The second kappa shape index (κ2) is 7.65. The van der Waals surface area contributed by atoms with Gasteiger partial charge in [0, 0.05) is 12.5 Å². The summed E-state index contributed by atoms with van der Waals surface area (Å²) in [6, 6.07) is 10.6. The van der Waals surface area contributed by atoms with Crippen molar-refractivity contribution in [2.45, 2.75) is 51.1 Å². The zero-order valence-corrected chi connectivity index (χ0v) is 13.1. The van der Waals surface area contributed by atoms with Crippen LogP contribution in [0.5, 0.6) is 0 Å². The van der Waals surface area contributed by atoms with Crippen molar-refractivity contribution in [1.29, 1.82) is 0 Å². The maximum Gasteiger partial charge on any atom is 0.220 e. The summed E-state index contributed by atoms with van der Waals surface area (Å²) in [5.41, 5.74) is 0.837. The lowest BCUT2D eigenvalue weighted by atomic mass is 9.94. The van der Waals surface area contributed by atoms with Crippen LogP contribution in [0.25, 0.3) is 0 Å². The second-order valence-electron chi connectivity index (χ2n) is 5.87. The van der Waals surface area contributed by atoms with Crippen LogP contribution in [0.4, 0.5) is 0 Å². The van der Waals surface area contributed by atoms with E-state index < -0.39 is 0 Å². The van der Waals surface area contributed by atoms with E-state index in [2.05, 4.69) is 22.8 Å². The fraction of sp³-hybridized carbons (Fsp3) is 0.562. The summed E-state index contributed by atoms with van der Waals surface area (Å²) < 4.78 is 0. The van der Waals surface area contributed by atoms with Crippen molar-refractivity contribution in [1.82, 2.24) is 10.6 Å². The smallest absolute Gasteiger partial charge is 0.220 e. The van der Waals surface area contributed by atoms with Crippen LogP contribution in [0.2, 0.25) is 0 Å². The zero-order valence-electron chi connectivity index (χ0n) is 12.3. The number of hydrogen-bond donors (Lipinski definition) is 2. The normalized spacial score (nSPS) is 18.4. The maximum absolute atomic E-state index is 12.0. The first-order valence-corrected chi connectivity index (χ1v) is 7.18. The highest BCUT2D eigenvalue weighted by Crippen LogP contribution is 2.20. The van der Waals surface area contributed by atoms with Crippen LogP contribution >= 0.6 is 12.4 Å². The minimum atomic E-state index is -0.304. The molecule has 1 aliphatic heterocycles. The molecule has 0 aliphatic carbocycles. The number of hydrogen-bond acceptors (Lipinski definition) is 2. The molecular weight excluding hydrogens is 272 g/mol. The van der Waals surface area contributed by atoms with E-state index in [1.54, 1.807) is 0 Å². The molecule has 0 aromatic heterocycles. The molecule has 2 N–H and O–H groups in total. The quantitative estimate of drug-likeness (QED) is 0.877. The molecule has 1 aliphatic rings. The number of carbonyl (C=O) groups excluding carboxylic acids is 1. The molecule has 1 aromatic carbocycles. The maximum atomic E-state index is 12.0. The van der Waals surface area contributed by atoms with Crippen LogP contribution in [-0.2, 0) is 10.3 Å². The van der Waals surface area contributed by atoms with E-state index in [4.69, 9.17) is 0 Å². The molecule has 0 spiro atoms. The minimum absolute atomic E-state index is 0. The predicted octanol–water partition coefficient (Wildman–Crippen LogP) is 2.99. The Bertz CT molecular complexity index is 414. The summed E-state index contributed by atoms with van der Waals surface area (Å²) in [6.45, 7) is 5.20. The number of halogens is 1. The van der Waals surface area contributed by atoms with E-state index in [1.165, 1.54) is 12.8 Å². The van der Waals surface area contributed by atoms with Crippen molar-refractivity contribution in [3.05, 3.63) is 35.9 Å². The van der Waals surface area contributed by atoms with Gasteiger partial charge in [0.2, 0.25) is 5.91 Å². The largest absolute Gasteiger partial charge is 0.347 e. The summed E-state index contributed by atoms with van der Waals surface area (Å²) in [5, 5.41) is 6.56. The molecule has 1 aromatic rings. The van der Waals surface area contributed by atoms with Gasteiger partial charge in [-0.3, -0.25) is 4.79 Å². The van der Waals surface area contributed by atoms with Crippen LogP contribution in [0.15, 0.2) is 30.3 Å². The van der Waals surface area contributed by atoms with Gasteiger partial charge in [0.1, 0.15) is 0 Å². The SMILES string of the molecule is CC(C)(NC(=O)CCC1CCCN1)c1ccccc1.Cl. The van der Waals surface area contributed by atoms with Gasteiger partial charge in [-0.2, -0.15) is 0 Å². The number of rotatable bonds is 5. The Morgan fingerprint density at radius 1 is 1.35 bits per heavy atom. The third-order valence-electron chi connectivity index (χ3n) is 3.83. The van der Waals surface area contributed by atoms with Gasteiger partial charge in [-0.15, -0.1) is 12.4 Å². The summed E-state index contributed by atoms with van der Waals surface area (Å²) >= 11 is 0. The van der Waals surface area contributed by atoms with Crippen molar-refractivity contribution in [2.75, 3.05) is 6.54 Å². The van der Waals surface area contributed by atoms with Gasteiger partial charge in [0.15, 0.2) is 0 Å². The van der Waals surface area contributed by atoms with Gasteiger partial charge in [-0.25, -0.2) is 0 Å².